The summed E-state index contributed by atoms with van der Waals surface area (Å²) >= 11 is 0. The molecular formula is C20H22FN3O2. The number of carbonyl (C=O) groups excluding carboxylic acids is 1. The van der Waals surface area contributed by atoms with Gasteiger partial charge >= 0.3 is 0 Å². The summed E-state index contributed by atoms with van der Waals surface area (Å²) in [6.45, 7) is 3.36. The van der Waals surface area contributed by atoms with Crippen molar-refractivity contribution in [3.8, 4) is 0 Å². The van der Waals surface area contributed by atoms with Crippen molar-refractivity contribution in [2.75, 3.05) is 37.7 Å². The van der Waals surface area contributed by atoms with E-state index in [0.717, 1.165) is 37.3 Å². The van der Waals surface area contributed by atoms with E-state index < -0.39 is 0 Å². The lowest BCUT2D eigenvalue weighted by molar-refractivity contribution is -0.0228. The highest BCUT2D eigenvalue weighted by atomic mass is 19.1. The predicted octanol–water partition coefficient (Wildman–Crippen LogP) is 3.03. The SMILES string of the molecule is O=C(c1cccnc1N1CCCC1)N1CCO[C@@H](c2ccc(F)cc2)C1. The molecule has 2 aromatic rings. The molecule has 3 heterocycles. The Morgan fingerprint density at radius 3 is 2.65 bits per heavy atom. The first-order chi connectivity index (χ1) is 12.7. The first kappa shape index (κ1) is 17.0. The number of pyridine rings is 1. The summed E-state index contributed by atoms with van der Waals surface area (Å²) in [7, 11) is 0. The fourth-order valence-corrected chi connectivity index (χ4v) is 3.63. The molecule has 0 radical (unpaired) electrons. The van der Waals surface area contributed by atoms with Crippen molar-refractivity contribution in [3.63, 3.8) is 0 Å². The van der Waals surface area contributed by atoms with Crippen molar-refractivity contribution in [1.82, 2.24) is 9.88 Å². The highest BCUT2D eigenvalue weighted by Gasteiger charge is 2.29. The number of nitrogens with zero attached hydrogens (tertiary/aromatic N) is 3. The van der Waals surface area contributed by atoms with Gasteiger partial charge in [0.15, 0.2) is 0 Å². The number of halogens is 1. The second-order valence-corrected chi connectivity index (χ2v) is 6.73. The predicted molar refractivity (Wildman–Crippen MR) is 96.7 cm³/mol. The first-order valence-electron chi connectivity index (χ1n) is 9.09. The van der Waals surface area contributed by atoms with E-state index in [9.17, 15) is 9.18 Å². The smallest absolute Gasteiger partial charge is 0.257 e. The zero-order valence-electron chi connectivity index (χ0n) is 14.6. The maximum absolute atomic E-state index is 13.2. The highest BCUT2D eigenvalue weighted by Crippen LogP contribution is 2.27. The minimum atomic E-state index is -0.275. The second-order valence-electron chi connectivity index (χ2n) is 6.73. The Hall–Kier alpha value is -2.47. The van der Waals surface area contributed by atoms with E-state index in [1.165, 1.54) is 12.1 Å². The number of amides is 1. The van der Waals surface area contributed by atoms with Gasteiger partial charge in [-0.1, -0.05) is 12.1 Å². The minimum absolute atomic E-state index is 0.0181. The lowest BCUT2D eigenvalue weighted by atomic mass is 10.1. The van der Waals surface area contributed by atoms with Crippen LogP contribution in [0, 0.1) is 5.82 Å². The number of rotatable bonds is 3. The summed E-state index contributed by atoms with van der Waals surface area (Å²) in [4.78, 5) is 21.6. The molecule has 1 aromatic carbocycles. The third kappa shape index (κ3) is 3.42. The van der Waals surface area contributed by atoms with Crippen LogP contribution in [0.15, 0.2) is 42.6 Å². The van der Waals surface area contributed by atoms with Crippen molar-refractivity contribution in [1.29, 1.82) is 0 Å². The largest absolute Gasteiger partial charge is 0.370 e. The minimum Gasteiger partial charge on any atom is -0.370 e. The van der Waals surface area contributed by atoms with Gasteiger partial charge in [0, 0.05) is 25.8 Å². The molecular weight excluding hydrogens is 333 g/mol. The van der Waals surface area contributed by atoms with Gasteiger partial charge < -0.3 is 14.5 Å². The van der Waals surface area contributed by atoms with Gasteiger partial charge in [-0.15, -0.1) is 0 Å². The van der Waals surface area contributed by atoms with E-state index >= 15 is 0 Å². The number of aromatic nitrogens is 1. The van der Waals surface area contributed by atoms with Gasteiger partial charge in [-0.05, 0) is 42.7 Å². The standard InChI is InChI=1S/C20H22FN3O2/c21-16-7-5-15(6-8-16)18-14-24(12-13-26-18)20(25)17-4-3-9-22-19(17)23-10-1-2-11-23/h3-9,18H,1-2,10-14H2/t18-/m1/s1. The fourth-order valence-electron chi connectivity index (χ4n) is 3.63. The Morgan fingerprint density at radius 2 is 1.88 bits per heavy atom. The van der Waals surface area contributed by atoms with Crippen LogP contribution in [0.2, 0.25) is 0 Å². The summed E-state index contributed by atoms with van der Waals surface area (Å²) in [5.41, 5.74) is 1.53. The summed E-state index contributed by atoms with van der Waals surface area (Å²) in [6, 6.07) is 9.94. The topological polar surface area (TPSA) is 45.7 Å². The van der Waals surface area contributed by atoms with Crippen molar-refractivity contribution >= 4 is 11.7 Å². The summed E-state index contributed by atoms with van der Waals surface area (Å²) in [5.74, 6) is 0.485. The Bertz CT molecular complexity index is 775. The molecule has 5 nitrogen and oxygen atoms in total. The summed E-state index contributed by atoms with van der Waals surface area (Å²) in [6.07, 6.45) is 3.77. The molecule has 2 aliphatic rings. The van der Waals surface area contributed by atoms with E-state index in [1.807, 2.05) is 17.0 Å². The third-order valence-corrected chi connectivity index (χ3v) is 5.02. The van der Waals surface area contributed by atoms with Gasteiger partial charge in [-0.25, -0.2) is 9.37 Å². The molecule has 0 bridgehead atoms. The average molecular weight is 355 g/mol. The molecule has 0 aliphatic carbocycles. The van der Waals surface area contributed by atoms with Gasteiger partial charge in [0.1, 0.15) is 17.7 Å². The molecule has 1 amide bonds. The Morgan fingerprint density at radius 1 is 1.12 bits per heavy atom. The van der Waals surface area contributed by atoms with Crippen LogP contribution >= 0.6 is 0 Å². The van der Waals surface area contributed by atoms with E-state index in [2.05, 4.69) is 9.88 Å². The molecule has 136 valence electrons. The molecule has 2 saturated heterocycles. The van der Waals surface area contributed by atoms with Gasteiger partial charge in [-0.3, -0.25) is 4.79 Å². The van der Waals surface area contributed by atoms with Crippen LogP contribution in [-0.4, -0.2) is 48.6 Å². The molecule has 2 fully saturated rings. The monoisotopic (exact) mass is 355 g/mol. The van der Waals surface area contributed by atoms with Crippen LogP contribution in [0.1, 0.15) is 34.9 Å². The van der Waals surface area contributed by atoms with Gasteiger partial charge in [0.25, 0.3) is 5.91 Å². The molecule has 1 atom stereocenters. The highest BCUT2D eigenvalue weighted by molar-refractivity contribution is 5.99. The number of hydrogen-bond acceptors (Lipinski definition) is 4. The Labute approximate surface area is 152 Å². The van der Waals surface area contributed by atoms with E-state index in [0.29, 0.717) is 25.3 Å². The molecule has 1 aromatic heterocycles. The quantitative estimate of drug-likeness (QED) is 0.849. The van der Waals surface area contributed by atoms with E-state index in [4.69, 9.17) is 4.74 Å². The van der Waals surface area contributed by atoms with Crippen molar-refractivity contribution in [3.05, 3.63) is 59.5 Å². The Balaban J connectivity index is 1.54. The maximum atomic E-state index is 13.2. The van der Waals surface area contributed by atoms with Gasteiger partial charge in [-0.2, -0.15) is 0 Å². The molecule has 26 heavy (non-hydrogen) atoms. The van der Waals surface area contributed by atoms with Crippen LogP contribution in [0.25, 0.3) is 0 Å². The molecule has 0 spiro atoms. The molecule has 2 aliphatic heterocycles. The van der Waals surface area contributed by atoms with E-state index in [-0.39, 0.29) is 17.8 Å². The number of hydrogen-bond donors (Lipinski definition) is 0. The zero-order chi connectivity index (χ0) is 17.9. The summed E-state index contributed by atoms with van der Waals surface area (Å²) in [5, 5.41) is 0. The lowest BCUT2D eigenvalue weighted by Gasteiger charge is -2.34. The fraction of sp³-hybridized carbons (Fsp3) is 0.400. The lowest BCUT2D eigenvalue weighted by Crippen LogP contribution is -2.42. The number of anilines is 1. The maximum Gasteiger partial charge on any atom is 0.257 e. The summed E-state index contributed by atoms with van der Waals surface area (Å²) < 4.78 is 19.0. The van der Waals surface area contributed by atoms with Crippen molar-refractivity contribution < 1.29 is 13.9 Å². The van der Waals surface area contributed by atoms with Crippen molar-refractivity contribution in [2.24, 2.45) is 0 Å². The molecule has 0 unspecified atom stereocenters. The Kier molecular flexibility index (Phi) is 4.84. The molecule has 4 rings (SSSR count). The van der Waals surface area contributed by atoms with Crippen molar-refractivity contribution in [2.45, 2.75) is 18.9 Å². The molecule has 0 saturated carbocycles. The molecule has 0 N–H and O–H groups in total. The first-order valence-corrected chi connectivity index (χ1v) is 9.09. The number of morpholine rings is 1. The van der Waals surface area contributed by atoms with Crippen LogP contribution < -0.4 is 4.90 Å². The average Bonchev–Trinajstić information content (AvgIpc) is 3.23. The second kappa shape index (κ2) is 7.41. The number of ether oxygens (including phenoxy) is 1. The van der Waals surface area contributed by atoms with Gasteiger partial charge in [0.2, 0.25) is 0 Å². The third-order valence-electron chi connectivity index (χ3n) is 5.02. The molecule has 6 heteroatoms. The van der Waals surface area contributed by atoms with Gasteiger partial charge in [0.05, 0.1) is 18.7 Å². The van der Waals surface area contributed by atoms with E-state index in [1.54, 1.807) is 18.3 Å². The number of benzene rings is 1. The number of carbonyl (C=O) groups is 1. The van der Waals surface area contributed by atoms with Crippen LogP contribution in [0.3, 0.4) is 0 Å². The normalized spacial score (nSPS) is 20.4. The van der Waals surface area contributed by atoms with Crippen LogP contribution in [0.5, 0.6) is 0 Å². The van der Waals surface area contributed by atoms with Crippen LogP contribution in [-0.2, 0) is 4.74 Å². The zero-order valence-corrected chi connectivity index (χ0v) is 14.6. The van der Waals surface area contributed by atoms with Crippen LogP contribution in [0.4, 0.5) is 10.2 Å².